The van der Waals surface area contributed by atoms with Gasteiger partial charge in [0, 0.05) is 0 Å². The molecule has 0 unspecified atom stereocenters. The van der Waals surface area contributed by atoms with Gasteiger partial charge in [-0.3, -0.25) is 4.90 Å². The van der Waals surface area contributed by atoms with Crippen molar-refractivity contribution in [3.63, 3.8) is 0 Å². The van der Waals surface area contributed by atoms with Gasteiger partial charge in [-0.25, -0.2) is 4.79 Å². The number of benzene rings is 2. The predicted octanol–water partition coefficient (Wildman–Crippen LogP) is 10.3. The van der Waals surface area contributed by atoms with E-state index >= 15 is 0 Å². The smallest absolute Gasteiger partial charge is 0.323 e. The lowest BCUT2D eigenvalue weighted by Crippen LogP contribution is -2.31. The van der Waals surface area contributed by atoms with E-state index in [2.05, 4.69) is 38.1 Å². The highest BCUT2D eigenvalue weighted by Gasteiger charge is 2.15. The molecule has 0 radical (unpaired) electrons. The molecule has 0 aromatic heterocycles. The minimum absolute atomic E-state index is 0.443. The number of nitrogens with two attached hydrogens (primary N) is 1. The molecule has 0 bridgehead atoms. The van der Waals surface area contributed by atoms with Gasteiger partial charge in [0.15, 0.2) is 0 Å². The highest BCUT2D eigenvalue weighted by molar-refractivity contribution is 5.98. The molecule has 0 spiro atoms. The van der Waals surface area contributed by atoms with E-state index in [1.165, 1.54) is 114 Å². The van der Waals surface area contributed by atoms with Gasteiger partial charge >= 0.3 is 6.03 Å². The summed E-state index contributed by atoms with van der Waals surface area (Å²) >= 11 is 0. The van der Waals surface area contributed by atoms with Gasteiger partial charge in [-0.2, -0.15) is 0 Å². The highest BCUT2D eigenvalue weighted by atomic mass is 16.2. The Bertz CT molecular complexity index is 749. The Labute approximate surface area is 221 Å². The summed E-state index contributed by atoms with van der Waals surface area (Å²) in [5, 5.41) is 0. The number of aryl methyl sites for hydroxylation is 2. The maximum absolute atomic E-state index is 12.3. The lowest BCUT2D eigenvalue weighted by molar-refractivity contribution is 0.256. The third-order valence-electron chi connectivity index (χ3n) is 7.25. The van der Waals surface area contributed by atoms with Gasteiger partial charge in [0.2, 0.25) is 0 Å². The number of nitrogens with zero attached hydrogens (tertiary/aromatic N) is 1. The molecule has 2 rings (SSSR count). The topological polar surface area (TPSA) is 46.3 Å². The van der Waals surface area contributed by atoms with Gasteiger partial charge in [-0.05, 0) is 61.1 Å². The van der Waals surface area contributed by atoms with Crippen LogP contribution in [0.5, 0.6) is 0 Å². The molecule has 0 aliphatic carbocycles. The third-order valence-corrected chi connectivity index (χ3v) is 7.25. The van der Waals surface area contributed by atoms with E-state index in [1.54, 1.807) is 4.90 Å². The van der Waals surface area contributed by atoms with Crippen LogP contribution in [0, 0.1) is 0 Å². The molecule has 0 saturated carbocycles. The number of unbranched alkanes of at least 4 members (excludes halogenated alkanes) is 14. The second kappa shape index (κ2) is 18.9. The third kappa shape index (κ3) is 12.1. The fourth-order valence-corrected chi connectivity index (χ4v) is 4.95. The van der Waals surface area contributed by atoms with Crippen LogP contribution in [0.2, 0.25) is 0 Å². The Balaban J connectivity index is 1.76. The second-order valence-corrected chi connectivity index (χ2v) is 10.5. The summed E-state index contributed by atoms with van der Waals surface area (Å²) in [7, 11) is 0. The quantitative estimate of drug-likeness (QED) is 0.184. The van der Waals surface area contributed by atoms with Crippen molar-refractivity contribution in [2.45, 2.75) is 129 Å². The monoisotopic (exact) mass is 492 g/mol. The summed E-state index contributed by atoms with van der Waals surface area (Å²) in [5.74, 6) is 0. The van der Waals surface area contributed by atoms with Crippen LogP contribution in [-0.4, -0.2) is 6.03 Å². The number of rotatable bonds is 20. The molecular formula is C33H52N2O. The van der Waals surface area contributed by atoms with Crippen LogP contribution in [-0.2, 0) is 12.8 Å². The first-order valence-electron chi connectivity index (χ1n) is 14.9. The van der Waals surface area contributed by atoms with E-state index in [0.29, 0.717) is 0 Å². The van der Waals surface area contributed by atoms with Crippen molar-refractivity contribution in [2.75, 3.05) is 4.90 Å². The fourth-order valence-electron chi connectivity index (χ4n) is 4.95. The van der Waals surface area contributed by atoms with Crippen molar-refractivity contribution in [3.05, 3.63) is 59.7 Å². The summed E-state index contributed by atoms with van der Waals surface area (Å²) in [4.78, 5) is 13.9. The normalized spacial score (nSPS) is 11.1. The Morgan fingerprint density at radius 1 is 0.528 bits per heavy atom. The molecule has 2 aromatic carbocycles. The molecule has 0 aliphatic heterocycles. The first-order valence-corrected chi connectivity index (χ1v) is 14.9. The first kappa shape index (κ1) is 29.9. The molecule has 3 heteroatoms. The minimum Gasteiger partial charge on any atom is -0.351 e. The van der Waals surface area contributed by atoms with Crippen LogP contribution in [0.4, 0.5) is 16.2 Å². The number of hydrogen-bond donors (Lipinski definition) is 1. The molecule has 2 aromatic rings. The Kier molecular flexibility index (Phi) is 15.7. The van der Waals surface area contributed by atoms with Crippen molar-refractivity contribution < 1.29 is 4.79 Å². The van der Waals surface area contributed by atoms with Crippen molar-refractivity contribution >= 4 is 17.4 Å². The second-order valence-electron chi connectivity index (χ2n) is 10.5. The average molecular weight is 493 g/mol. The van der Waals surface area contributed by atoms with Crippen molar-refractivity contribution in [2.24, 2.45) is 5.73 Å². The van der Waals surface area contributed by atoms with Gasteiger partial charge < -0.3 is 5.73 Å². The number of primary amides is 1. The number of amides is 2. The number of carbonyl (C=O) groups is 1. The zero-order valence-corrected chi connectivity index (χ0v) is 23.3. The summed E-state index contributed by atoms with van der Waals surface area (Å²) in [6, 6.07) is 16.2. The van der Waals surface area contributed by atoms with E-state index < -0.39 is 6.03 Å². The molecule has 200 valence electrons. The maximum atomic E-state index is 12.3. The molecule has 0 heterocycles. The molecule has 36 heavy (non-hydrogen) atoms. The van der Waals surface area contributed by atoms with E-state index in [0.717, 1.165) is 24.2 Å². The van der Waals surface area contributed by atoms with Crippen LogP contribution in [0.15, 0.2) is 48.5 Å². The molecule has 0 atom stereocenters. The van der Waals surface area contributed by atoms with Gasteiger partial charge in [0.25, 0.3) is 0 Å². The average Bonchev–Trinajstić information content (AvgIpc) is 2.89. The van der Waals surface area contributed by atoms with Crippen LogP contribution in [0.25, 0.3) is 0 Å². The molecular weight excluding hydrogens is 440 g/mol. The summed E-state index contributed by atoms with van der Waals surface area (Å²) in [6.07, 6.45) is 23.6. The van der Waals surface area contributed by atoms with Gasteiger partial charge in [-0.1, -0.05) is 128 Å². The fraction of sp³-hybridized carbons (Fsp3) is 0.606. The molecule has 3 nitrogen and oxygen atoms in total. The summed E-state index contributed by atoms with van der Waals surface area (Å²) < 4.78 is 0. The lowest BCUT2D eigenvalue weighted by atomic mass is 10.0. The molecule has 0 aliphatic rings. The highest BCUT2D eigenvalue weighted by Crippen LogP contribution is 2.27. The van der Waals surface area contributed by atoms with Gasteiger partial charge in [0.1, 0.15) is 0 Å². The number of urea groups is 1. The van der Waals surface area contributed by atoms with Crippen LogP contribution in [0.3, 0.4) is 0 Å². The summed E-state index contributed by atoms with van der Waals surface area (Å²) in [6.45, 7) is 4.53. The van der Waals surface area contributed by atoms with Crippen LogP contribution in [0.1, 0.15) is 128 Å². The summed E-state index contributed by atoms with van der Waals surface area (Å²) in [5.41, 5.74) is 10.1. The van der Waals surface area contributed by atoms with Crippen molar-refractivity contribution in [1.82, 2.24) is 0 Å². The number of anilines is 2. The molecule has 0 fully saturated rings. The molecule has 0 saturated heterocycles. The van der Waals surface area contributed by atoms with Crippen molar-refractivity contribution in [3.8, 4) is 0 Å². The van der Waals surface area contributed by atoms with E-state index in [4.69, 9.17) is 5.73 Å². The zero-order valence-electron chi connectivity index (χ0n) is 23.3. The van der Waals surface area contributed by atoms with E-state index in [9.17, 15) is 4.79 Å². The SMILES string of the molecule is CCCCCCCCCCc1ccc(N(C(N)=O)c2ccc(CCCCCCCCCC)cc2)cc1. The zero-order chi connectivity index (χ0) is 25.8. The largest absolute Gasteiger partial charge is 0.351 e. The standard InChI is InChI=1S/C33H52N2O/c1-3-5-7-9-11-13-15-17-19-29-21-25-31(26-22-29)35(33(34)36)32-27-23-30(24-28-32)20-18-16-14-12-10-8-6-4-2/h21-28H,3-20H2,1-2H3,(H2,34,36). The van der Waals surface area contributed by atoms with Gasteiger partial charge in [0.05, 0.1) is 11.4 Å². The molecule has 2 amide bonds. The van der Waals surface area contributed by atoms with Crippen LogP contribution >= 0.6 is 0 Å². The Morgan fingerprint density at radius 2 is 0.833 bits per heavy atom. The Morgan fingerprint density at radius 3 is 1.14 bits per heavy atom. The molecule has 2 N–H and O–H groups in total. The van der Waals surface area contributed by atoms with Crippen LogP contribution < -0.4 is 10.6 Å². The predicted molar refractivity (Wildman–Crippen MR) is 157 cm³/mol. The lowest BCUT2D eigenvalue weighted by Gasteiger charge is -2.21. The minimum atomic E-state index is -0.443. The van der Waals surface area contributed by atoms with Gasteiger partial charge in [-0.15, -0.1) is 0 Å². The van der Waals surface area contributed by atoms with E-state index in [1.807, 2.05) is 24.3 Å². The first-order chi connectivity index (χ1) is 17.7. The number of hydrogen-bond acceptors (Lipinski definition) is 1. The Hall–Kier alpha value is -2.29. The van der Waals surface area contributed by atoms with Crippen molar-refractivity contribution in [1.29, 1.82) is 0 Å². The maximum Gasteiger partial charge on any atom is 0.323 e. The number of carbonyl (C=O) groups excluding carboxylic acids is 1. The van der Waals surface area contributed by atoms with E-state index in [-0.39, 0.29) is 0 Å².